The number of halogens is 1. The van der Waals surface area contributed by atoms with Crippen LogP contribution in [-0.2, 0) is 9.59 Å². The van der Waals surface area contributed by atoms with Gasteiger partial charge in [-0.05, 0) is 37.9 Å². The van der Waals surface area contributed by atoms with Gasteiger partial charge in [-0.2, -0.15) is 0 Å². The second-order valence-electron chi connectivity index (χ2n) is 7.34. The number of hydrogen-bond donors (Lipinski definition) is 2. The largest absolute Gasteiger partial charge is 0.355 e. The van der Waals surface area contributed by atoms with E-state index >= 15 is 0 Å². The lowest BCUT2D eigenvalue weighted by Gasteiger charge is -2.29. The molecule has 3 rings (SSSR count). The van der Waals surface area contributed by atoms with Gasteiger partial charge in [0.25, 0.3) is 0 Å². The van der Waals surface area contributed by atoms with Crippen molar-refractivity contribution in [3.8, 4) is 0 Å². The van der Waals surface area contributed by atoms with Crippen molar-refractivity contribution in [3.63, 3.8) is 0 Å². The molecule has 1 aromatic carbocycles. The summed E-state index contributed by atoms with van der Waals surface area (Å²) < 4.78 is 0. The van der Waals surface area contributed by atoms with Gasteiger partial charge in [-0.3, -0.25) is 24.4 Å². The number of amides is 2. The summed E-state index contributed by atoms with van der Waals surface area (Å²) in [5.41, 5.74) is 1.30. The Morgan fingerprint density at radius 2 is 1.69 bits per heavy atom. The first-order valence-corrected chi connectivity index (χ1v) is 10.3. The van der Waals surface area contributed by atoms with E-state index in [-0.39, 0.29) is 35.8 Å². The molecule has 0 saturated carbocycles. The first-order chi connectivity index (χ1) is 13.7. The maximum Gasteiger partial charge on any atom is 0.229 e. The number of piperidine rings is 1. The van der Waals surface area contributed by atoms with E-state index in [1.165, 1.54) is 23.3 Å². The molecular formula is C21H32IN5O2. The number of likely N-dealkylation sites (tertiary alicyclic amines) is 2. The standard InChI is InChI=1S/C21H31N5O2.HI/c1-22-21(23-12-15-26-19(27)10-7-11-20(26)28)24-16-18(25-13-5-6-14-25)17-8-3-2-4-9-17;/h2-4,8-9,18H,5-7,10-16H2,1H3,(H2,22,23,24);1H. The van der Waals surface area contributed by atoms with Crippen molar-refractivity contribution in [2.45, 2.75) is 38.1 Å². The van der Waals surface area contributed by atoms with Crippen LogP contribution < -0.4 is 10.6 Å². The van der Waals surface area contributed by atoms with Crippen molar-refractivity contribution in [1.29, 1.82) is 0 Å². The van der Waals surface area contributed by atoms with Crippen molar-refractivity contribution in [2.24, 2.45) is 4.99 Å². The lowest BCUT2D eigenvalue weighted by molar-refractivity contribution is -0.147. The Morgan fingerprint density at radius 3 is 2.31 bits per heavy atom. The van der Waals surface area contributed by atoms with Crippen LogP contribution in [0, 0.1) is 0 Å². The summed E-state index contributed by atoms with van der Waals surface area (Å²) in [7, 11) is 1.74. The van der Waals surface area contributed by atoms with Gasteiger partial charge in [0.1, 0.15) is 0 Å². The fourth-order valence-electron chi connectivity index (χ4n) is 3.94. The average molecular weight is 513 g/mol. The molecule has 2 aliphatic rings. The van der Waals surface area contributed by atoms with Crippen LogP contribution in [0.25, 0.3) is 0 Å². The smallest absolute Gasteiger partial charge is 0.229 e. The molecule has 2 heterocycles. The van der Waals surface area contributed by atoms with E-state index in [1.807, 2.05) is 6.07 Å². The second-order valence-corrected chi connectivity index (χ2v) is 7.34. The van der Waals surface area contributed by atoms with E-state index in [9.17, 15) is 9.59 Å². The Morgan fingerprint density at radius 1 is 1.03 bits per heavy atom. The molecule has 1 atom stereocenters. The molecule has 8 heteroatoms. The number of aliphatic imine (C=N–C) groups is 1. The molecule has 0 aliphatic carbocycles. The van der Waals surface area contributed by atoms with Crippen LogP contribution in [0.3, 0.4) is 0 Å². The normalized spacial score (nSPS) is 19.1. The molecule has 7 nitrogen and oxygen atoms in total. The number of carbonyl (C=O) groups is 2. The van der Waals surface area contributed by atoms with Crippen molar-refractivity contribution >= 4 is 41.8 Å². The minimum Gasteiger partial charge on any atom is -0.355 e. The quantitative estimate of drug-likeness (QED) is 0.253. The number of imide groups is 1. The van der Waals surface area contributed by atoms with Gasteiger partial charge >= 0.3 is 0 Å². The fourth-order valence-corrected chi connectivity index (χ4v) is 3.94. The minimum atomic E-state index is -0.0702. The molecule has 0 radical (unpaired) electrons. The van der Waals surface area contributed by atoms with Crippen LogP contribution >= 0.6 is 24.0 Å². The van der Waals surface area contributed by atoms with Gasteiger partial charge in [-0.25, -0.2) is 0 Å². The number of carbonyl (C=O) groups excluding carboxylic acids is 2. The highest BCUT2D eigenvalue weighted by Gasteiger charge is 2.26. The van der Waals surface area contributed by atoms with Gasteiger partial charge in [0, 0.05) is 39.5 Å². The monoisotopic (exact) mass is 513 g/mol. The first kappa shape index (κ1) is 23.6. The highest BCUT2D eigenvalue weighted by molar-refractivity contribution is 14.0. The van der Waals surface area contributed by atoms with Crippen LogP contribution in [0.2, 0.25) is 0 Å². The Hall–Kier alpha value is -1.68. The van der Waals surface area contributed by atoms with Crippen LogP contribution in [0.1, 0.15) is 43.7 Å². The van der Waals surface area contributed by atoms with Crippen molar-refractivity contribution in [2.75, 3.05) is 39.8 Å². The topological polar surface area (TPSA) is 77.0 Å². The molecule has 29 heavy (non-hydrogen) atoms. The van der Waals surface area contributed by atoms with E-state index in [1.54, 1.807) is 7.05 Å². The molecule has 160 valence electrons. The number of benzene rings is 1. The summed E-state index contributed by atoms with van der Waals surface area (Å²) in [4.78, 5) is 32.0. The predicted molar refractivity (Wildman–Crippen MR) is 125 cm³/mol. The van der Waals surface area contributed by atoms with Gasteiger partial charge in [-0.1, -0.05) is 30.3 Å². The van der Waals surface area contributed by atoms with Gasteiger partial charge in [0.05, 0.1) is 6.04 Å². The van der Waals surface area contributed by atoms with E-state index in [2.05, 4.69) is 44.8 Å². The van der Waals surface area contributed by atoms with Gasteiger partial charge in [0.15, 0.2) is 5.96 Å². The van der Waals surface area contributed by atoms with Gasteiger partial charge < -0.3 is 10.6 Å². The maximum absolute atomic E-state index is 11.9. The minimum absolute atomic E-state index is 0. The van der Waals surface area contributed by atoms with E-state index in [0.717, 1.165) is 19.6 Å². The summed E-state index contributed by atoms with van der Waals surface area (Å²) in [6.07, 6.45) is 4.09. The predicted octanol–water partition coefficient (Wildman–Crippen LogP) is 2.15. The third kappa shape index (κ3) is 6.67. The van der Waals surface area contributed by atoms with Crippen molar-refractivity contribution < 1.29 is 9.59 Å². The SMILES string of the molecule is CN=C(NCCN1C(=O)CCCC1=O)NCC(c1ccccc1)N1CCCC1.I. The molecule has 2 N–H and O–H groups in total. The number of rotatable bonds is 7. The number of hydrogen-bond acceptors (Lipinski definition) is 4. The highest BCUT2D eigenvalue weighted by atomic mass is 127. The van der Waals surface area contributed by atoms with E-state index < -0.39 is 0 Å². The van der Waals surface area contributed by atoms with Crippen molar-refractivity contribution in [3.05, 3.63) is 35.9 Å². The lowest BCUT2D eigenvalue weighted by Crippen LogP contribution is -2.47. The number of nitrogens with one attached hydrogen (secondary N) is 2. The Bertz CT molecular complexity index is 676. The molecule has 2 saturated heterocycles. The molecule has 2 fully saturated rings. The Balaban J connectivity index is 0.00000300. The second kappa shape index (κ2) is 12.1. The van der Waals surface area contributed by atoms with Crippen LogP contribution in [0.15, 0.2) is 35.3 Å². The molecule has 2 amide bonds. The summed E-state index contributed by atoms with van der Waals surface area (Å²) in [5, 5.41) is 6.64. The lowest BCUT2D eigenvalue weighted by atomic mass is 10.1. The van der Waals surface area contributed by atoms with Crippen LogP contribution in [0.4, 0.5) is 0 Å². The zero-order valence-electron chi connectivity index (χ0n) is 17.1. The van der Waals surface area contributed by atoms with Gasteiger partial charge in [0.2, 0.25) is 11.8 Å². The van der Waals surface area contributed by atoms with Crippen LogP contribution in [-0.4, -0.2) is 67.3 Å². The van der Waals surface area contributed by atoms with Crippen molar-refractivity contribution in [1.82, 2.24) is 20.4 Å². The maximum atomic E-state index is 11.9. The third-order valence-corrected chi connectivity index (χ3v) is 5.46. The molecule has 0 spiro atoms. The molecule has 1 unspecified atom stereocenters. The summed E-state index contributed by atoms with van der Waals surface area (Å²) >= 11 is 0. The molecule has 2 aliphatic heterocycles. The third-order valence-electron chi connectivity index (χ3n) is 5.46. The zero-order valence-corrected chi connectivity index (χ0v) is 19.4. The number of guanidine groups is 1. The molecule has 0 bridgehead atoms. The fraction of sp³-hybridized carbons (Fsp3) is 0.571. The average Bonchev–Trinajstić information content (AvgIpc) is 3.24. The van der Waals surface area contributed by atoms with E-state index in [4.69, 9.17) is 0 Å². The zero-order chi connectivity index (χ0) is 19.8. The van der Waals surface area contributed by atoms with Crippen LogP contribution in [0.5, 0.6) is 0 Å². The Labute approximate surface area is 190 Å². The molecule has 1 aromatic rings. The first-order valence-electron chi connectivity index (χ1n) is 10.3. The van der Waals surface area contributed by atoms with E-state index in [0.29, 0.717) is 44.4 Å². The van der Waals surface area contributed by atoms with Gasteiger partial charge in [-0.15, -0.1) is 24.0 Å². The molecule has 0 aromatic heterocycles. The number of nitrogens with zero attached hydrogens (tertiary/aromatic N) is 3. The Kier molecular flexibility index (Phi) is 9.86. The molecular weight excluding hydrogens is 481 g/mol. The highest BCUT2D eigenvalue weighted by Crippen LogP contribution is 2.24. The summed E-state index contributed by atoms with van der Waals surface area (Å²) in [6.45, 7) is 3.87. The summed E-state index contributed by atoms with van der Waals surface area (Å²) in [6, 6.07) is 10.9. The summed E-state index contributed by atoms with van der Waals surface area (Å²) in [5.74, 6) is 0.551.